The molecule has 0 unspecified atom stereocenters. The van der Waals surface area contributed by atoms with Crippen molar-refractivity contribution in [2.45, 2.75) is 24.7 Å². The number of allylic oxidation sites excluding steroid dienone is 2. The zero-order valence-corrected chi connectivity index (χ0v) is 14.3. The van der Waals surface area contributed by atoms with Crippen molar-refractivity contribution in [1.29, 1.82) is 0 Å². The van der Waals surface area contributed by atoms with Gasteiger partial charge < -0.3 is 4.74 Å². The number of hydrogen-bond acceptors (Lipinski definition) is 4. The summed E-state index contributed by atoms with van der Waals surface area (Å²) in [6.07, 6.45) is 5.00. The number of carbonyl (C=O) groups excluding carboxylic acids is 1. The third kappa shape index (κ3) is 4.66. The van der Waals surface area contributed by atoms with E-state index in [0.29, 0.717) is 0 Å². The number of ether oxygens (including phenoxy) is 1. The van der Waals surface area contributed by atoms with Gasteiger partial charge in [0.1, 0.15) is 0 Å². The van der Waals surface area contributed by atoms with E-state index in [2.05, 4.69) is 13.2 Å². The lowest BCUT2D eigenvalue weighted by molar-refractivity contribution is -0.149. The molecule has 0 radical (unpaired) electrons. The van der Waals surface area contributed by atoms with Crippen LogP contribution >= 0.6 is 0 Å². The highest BCUT2D eigenvalue weighted by Crippen LogP contribution is 2.32. The van der Waals surface area contributed by atoms with E-state index < -0.39 is 21.2 Å². The lowest BCUT2D eigenvalue weighted by Crippen LogP contribution is -2.29. The van der Waals surface area contributed by atoms with Crippen molar-refractivity contribution < 1.29 is 17.9 Å². The number of carbonyl (C=O) groups is 1. The molecule has 0 saturated heterocycles. The summed E-state index contributed by atoms with van der Waals surface area (Å²) < 4.78 is 29.7. The molecule has 1 aromatic carbocycles. The third-order valence-electron chi connectivity index (χ3n) is 3.52. The van der Waals surface area contributed by atoms with Gasteiger partial charge in [-0.1, -0.05) is 35.9 Å². The van der Waals surface area contributed by atoms with Gasteiger partial charge in [-0.25, -0.2) is 8.42 Å². The second-order valence-electron chi connectivity index (χ2n) is 5.29. The van der Waals surface area contributed by atoms with Gasteiger partial charge in [0.15, 0.2) is 9.84 Å². The summed E-state index contributed by atoms with van der Waals surface area (Å²) >= 11 is 0. The number of hydrogen-bond donors (Lipinski definition) is 0. The molecule has 0 aromatic heterocycles. The molecule has 0 N–H and O–H groups in total. The molecule has 1 aromatic rings. The molecule has 0 aliphatic heterocycles. The third-order valence-corrected chi connectivity index (χ3v) is 4.95. The van der Waals surface area contributed by atoms with Crippen molar-refractivity contribution in [3.63, 3.8) is 0 Å². The number of benzene rings is 1. The number of sulfone groups is 1. The van der Waals surface area contributed by atoms with Crippen LogP contribution in [0.25, 0.3) is 0 Å². The molecule has 0 fully saturated rings. The molecule has 0 spiro atoms. The van der Waals surface area contributed by atoms with Crippen molar-refractivity contribution in [3.8, 4) is 0 Å². The minimum absolute atomic E-state index is 0.176. The van der Waals surface area contributed by atoms with E-state index in [9.17, 15) is 13.2 Å². The Hall–Kier alpha value is -2.14. The molecule has 0 aliphatic rings. The van der Waals surface area contributed by atoms with Gasteiger partial charge in [-0.3, -0.25) is 4.79 Å². The highest BCUT2D eigenvalue weighted by molar-refractivity contribution is 7.94. The topological polar surface area (TPSA) is 60.4 Å². The monoisotopic (exact) mass is 334 g/mol. The first-order valence-electron chi connectivity index (χ1n) is 7.12. The Labute approximate surface area is 138 Å². The lowest BCUT2D eigenvalue weighted by atomic mass is 9.81. The molecule has 0 atom stereocenters. The molecular formula is C18H22O4S. The average Bonchev–Trinajstić information content (AvgIpc) is 2.52. The van der Waals surface area contributed by atoms with E-state index in [1.54, 1.807) is 24.3 Å². The van der Waals surface area contributed by atoms with Crippen LogP contribution in [0, 0.1) is 12.3 Å². The Morgan fingerprint density at radius 2 is 1.70 bits per heavy atom. The van der Waals surface area contributed by atoms with Gasteiger partial charge in [0.2, 0.25) is 0 Å². The summed E-state index contributed by atoms with van der Waals surface area (Å²) in [7, 11) is -2.38. The van der Waals surface area contributed by atoms with Gasteiger partial charge in [0, 0.05) is 5.41 Å². The van der Waals surface area contributed by atoms with Crippen LogP contribution in [0.15, 0.2) is 66.0 Å². The van der Waals surface area contributed by atoms with Crippen molar-refractivity contribution in [1.82, 2.24) is 0 Å². The van der Waals surface area contributed by atoms with E-state index in [1.807, 2.05) is 6.92 Å². The second kappa shape index (κ2) is 7.92. The Morgan fingerprint density at radius 1 is 1.17 bits per heavy atom. The Morgan fingerprint density at radius 3 is 2.13 bits per heavy atom. The van der Waals surface area contributed by atoms with E-state index >= 15 is 0 Å². The Bertz CT molecular complexity index is 687. The van der Waals surface area contributed by atoms with Crippen LogP contribution in [0.1, 0.15) is 18.4 Å². The first kappa shape index (κ1) is 18.9. The minimum Gasteiger partial charge on any atom is -0.468 e. The lowest BCUT2D eigenvalue weighted by Gasteiger charge is -2.25. The number of methoxy groups -OCH3 is 1. The van der Waals surface area contributed by atoms with E-state index in [0.717, 1.165) is 11.0 Å². The van der Waals surface area contributed by atoms with Gasteiger partial charge in [-0.2, -0.15) is 0 Å². The molecule has 0 amide bonds. The smallest absolute Gasteiger partial charge is 0.316 e. The van der Waals surface area contributed by atoms with E-state index in [1.165, 1.54) is 25.3 Å². The van der Waals surface area contributed by atoms with Gasteiger partial charge >= 0.3 is 5.97 Å². The maximum Gasteiger partial charge on any atom is 0.316 e. The van der Waals surface area contributed by atoms with E-state index in [4.69, 9.17) is 4.74 Å². The van der Waals surface area contributed by atoms with Gasteiger partial charge in [-0.05, 0) is 31.9 Å². The molecule has 0 saturated carbocycles. The van der Waals surface area contributed by atoms with Gasteiger partial charge in [-0.15, -0.1) is 13.2 Å². The van der Waals surface area contributed by atoms with Crippen LogP contribution in [-0.2, 0) is 19.4 Å². The largest absolute Gasteiger partial charge is 0.468 e. The molecule has 4 nitrogen and oxygen atoms in total. The fourth-order valence-corrected chi connectivity index (χ4v) is 3.31. The predicted octanol–water partition coefficient (Wildman–Crippen LogP) is 3.59. The van der Waals surface area contributed by atoms with Crippen molar-refractivity contribution in [2.24, 2.45) is 5.41 Å². The molecule has 5 heteroatoms. The molecule has 0 bridgehead atoms. The zero-order valence-electron chi connectivity index (χ0n) is 13.5. The van der Waals surface area contributed by atoms with Crippen LogP contribution in [0.2, 0.25) is 0 Å². The van der Waals surface area contributed by atoms with Crippen LogP contribution in [0.4, 0.5) is 0 Å². The summed E-state index contributed by atoms with van der Waals surface area (Å²) in [5, 5.41) is 1.06. The Balaban J connectivity index is 3.26. The highest BCUT2D eigenvalue weighted by Gasteiger charge is 2.35. The normalized spacial score (nSPS) is 12.1. The van der Waals surface area contributed by atoms with Crippen molar-refractivity contribution in [3.05, 3.63) is 66.6 Å². The number of esters is 1. The summed E-state index contributed by atoms with van der Waals surface area (Å²) in [5.41, 5.74) is -0.147. The quantitative estimate of drug-likeness (QED) is 0.538. The Kier molecular flexibility index (Phi) is 6.51. The molecule has 23 heavy (non-hydrogen) atoms. The zero-order chi connectivity index (χ0) is 17.5. The van der Waals surface area contributed by atoms with E-state index in [-0.39, 0.29) is 17.7 Å². The fraction of sp³-hybridized carbons (Fsp3) is 0.278. The molecule has 0 aliphatic carbocycles. The minimum atomic E-state index is -3.65. The maximum atomic E-state index is 12.4. The number of aryl methyl sites for hydroxylation is 1. The summed E-state index contributed by atoms with van der Waals surface area (Å²) in [4.78, 5) is 12.3. The predicted molar refractivity (Wildman–Crippen MR) is 91.6 cm³/mol. The molecule has 124 valence electrons. The van der Waals surface area contributed by atoms with Crippen molar-refractivity contribution in [2.75, 3.05) is 7.11 Å². The van der Waals surface area contributed by atoms with Gasteiger partial charge in [0.25, 0.3) is 0 Å². The van der Waals surface area contributed by atoms with Crippen LogP contribution in [0.3, 0.4) is 0 Å². The first-order chi connectivity index (χ1) is 10.8. The second-order valence-corrected chi connectivity index (χ2v) is 7.13. The standard InChI is InChI=1S/C18H22O4S/c1-5-11-18(12-6-2,17(19)22-4)13-14-23(20,21)16-9-7-15(3)8-10-16/h5-10,13-14H,1-2,11-12H2,3-4H3/b14-13+. The summed E-state index contributed by atoms with van der Waals surface area (Å²) in [6.45, 7) is 9.14. The van der Waals surface area contributed by atoms with Crippen LogP contribution < -0.4 is 0 Å². The first-order valence-corrected chi connectivity index (χ1v) is 8.67. The SMILES string of the molecule is C=CCC(/C=C/S(=O)(=O)c1ccc(C)cc1)(CC=C)C(=O)OC. The molecule has 1 rings (SSSR count). The fourth-order valence-electron chi connectivity index (χ4n) is 2.20. The molecular weight excluding hydrogens is 312 g/mol. The maximum absolute atomic E-state index is 12.4. The van der Waals surface area contributed by atoms with Crippen molar-refractivity contribution >= 4 is 15.8 Å². The highest BCUT2D eigenvalue weighted by atomic mass is 32.2. The summed E-state index contributed by atoms with van der Waals surface area (Å²) in [6, 6.07) is 6.52. The summed E-state index contributed by atoms with van der Waals surface area (Å²) in [5.74, 6) is -0.521. The van der Waals surface area contributed by atoms with Crippen LogP contribution in [0.5, 0.6) is 0 Å². The van der Waals surface area contributed by atoms with Gasteiger partial charge in [0.05, 0.1) is 17.4 Å². The average molecular weight is 334 g/mol. The number of rotatable bonds is 8. The molecule has 0 heterocycles. The van der Waals surface area contributed by atoms with Crippen LogP contribution in [-0.4, -0.2) is 21.5 Å².